The molecule has 0 spiro atoms. The topological polar surface area (TPSA) is 109 Å². The molecule has 0 bridgehead atoms. The van der Waals surface area contributed by atoms with Gasteiger partial charge in [0, 0.05) is 37.8 Å². The minimum absolute atomic E-state index is 0.0232. The SMILES string of the molecule is CCc1ccccc1NC(=O)CN1CCN(C(=O)CSc2nnc(C3CC3)n2N)CC1. The van der Waals surface area contributed by atoms with Crippen LogP contribution in [0.3, 0.4) is 0 Å². The number of benzene rings is 1. The Morgan fingerprint density at radius 1 is 1.16 bits per heavy atom. The first-order valence-electron chi connectivity index (χ1n) is 10.8. The zero-order valence-corrected chi connectivity index (χ0v) is 18.6. The van der Waals surface area contributed by atoms with Crippen molar-refractivity contribution < 1.29 is 9.59 Å². The molecule has 2 heterocycles. The number of nitrogens with two attached hydrogens (primary N) is 1. The number of thioether (sulfide) groups is 1. The van der Waals surface area contributed by atoms with Crippen molar-refractivity contribution in [2.75, 3.05) is 49.6 Å². The monoisotopic (exact) mass is 443 g/mol. The third kappa shape index (κ3) is 5.37. The molecule has 31 heavy (non-hydrogen) atoms. The van der Waals surface area contributed by atoms with Crippen LogP contribution in [0.15, 0.2) is 29.4 Å². The molecule has 2 aromatic rings. The second kappa shape index (κ2) is 9.69. The Morgan fingerprint density at radius 2 is 1.90 bits per heavy atom. The maximum absolute atomic E-state index is 12.6. The first-order valence-corrected chi connectivity index (χ1v) is 11.7. The van der Waals surface area contributed by atoms with Gasteiger partial charge >= 0.3 is 0 Å². The fourth-order valence-corrected chi connectivity index (χ4v) is 4.49. The summed E-state index contributed by atoms with van der Waals surface area (Å²) in [5.74, 6) is 7.60. The molecular formula is C21H29N7O2S. The summed E-state index contributed by atoms with van der Waals surface area (Å²) in [4.78, 5) is 29.0. The van der Waals surface area contributed by atoms with Crippen molar-refractivity contribution in [3.05, 3.63) is 35.7 Å². The van der Waals surface area contributed by atoms with Crippen LogP contribution in [0.4, 0.5) is 5.69 Å². The maximum atomic E-state index is 12.6. The summed E-state index contributed by atoms with van der Waals surface area (Å²) in [5.41, 5.74) is 2.00. The number of rotatable bonds is 8. The number of aryl methyl sites for hydroxylation is 1. The third-order valence-electron chi connectivity index (χ3n) is 5.72. The standard InChI is InChI=1S/C21H29N7O2S/c1-2-15-5-3-4-6-17(15)23-18(29)13-26-9-11-27(12-10-26)19(30)14-31-21-25-24-20(28(21)22)16-7-8-16/h3-6,16H,2,7-14,22H2,1H3,(H,23,29). The first-order chi connectivity index (χ1) is 15.0. The number of piperazine rings is 1. The van der Waals surface area contributed by atoms with Gasteiger partial charge in [-0.15, -0.1) is 10.2 Å². The van der Waals surface area contributed by atoms with Crippen molar-refractivity contribution in [3.63, 3.8) is 0 Å². The lowest BCUT2D eigenvalue weighted by atomic mass is 10.1. The largest absolute Gasteiger partial charge is 0.339 e. The van der Waals surface area contributed by atoms with E-state index in [2.05, 4.69) is 27.3 Å². The van der Waals surface area contributed by atoms with E-state index in [1.54, 1.807) is 0 Å². The molecule has 166 valence electrons. The Labute approximate surface area is 186 Å². The molecule has 3 N–H and O–H groups in total. The van der Waals surface area contributed by atoms with E-state index in [1.165, 1.54) is 16.4 Å². The zero-order chi connectivity index (χ0) is 21.8. The van der Waals surface area contributed by atoms with E-state index in [0.717, 1.165) is 36.3 Å². The number of nitrogens with zero attached hydrogens (tertiary/aromatic N) is 5. The number of carbonyl (C=O) groups is 2. The Bertz CT molecular complexity index is 936. The summed E-state index contributed by atoms with van der Waals surface area (Å²) in [5, 5.41) is 11.8. The Morgan fingerprint density at radius 3 is 2.61 bits per heavy atom. The van der Waals surface area contributed by atoms with Crippen molar-refractivity contribution in [1.29, 1.82) is 0 Å². The fraction of sp³-hybridized carbons (Fsp3) is 0.524. The van der Waals surface area contributed by atoms with E-state index in [4.69, 9.17) is 5.84 Å². The second-order valence-corrected chi connectivity index (χ2v) is 8.93. The highest BCUT2D eigenvalue weighted by atomic mass is 32.2. The summed E-state index contributed by atoms with van der Waals surface area (Å²) >= 11 is 1.33. The Kier molecular flexibility index (Phi) is 6.77. The molecule has 1 aliphatic heterocycles. The smallest absolute Gasteiger partial charge is 0.238 e. The number of hydrogen-bond donors (Lipinski definition) is 2. The van der Waals surface area contributed by atoms with Gasteiger partial charge < -0.3 is 16.1 Å². The quantitative estimate of drug-likeness (QED) is 0.468. The Balaban J connectivity index is 1.20. The van der Waals surface area contributed by atoms with Gasteiger partial charge in [0.05, 0.1) is 12.3 Å². The average molecular weight is 444 g/mol. The van der Waals surface area contributed by atoms with Crippen molar-refractivity contribution in [1.82, 2.24) is 24.7 Å². The van der Waals surface area contributed by atoms with Gasteiger partial charge in [-0.25, -0.2) is 4.68 Å². The molecular weight excluding hydrogens is 414 g/mol. The molecule has 0 radical (unpaired) electrons. The molecule has 0 unspecified atom stereocenters. The number of carbonyl (C=O) groups excluding carboxylic acids is 2. The molecule has 10 heteroatoms. The fourth-order valence-electron chi connectivity index (χ4n) is 3.72. The minimum Gasteiger partial charge on any atom is -0.339 e. The third-order valence-corrected chi connectivity index (χ3v) is 6.65. The van der Waals surface area contributed by atoms with E-state index in [0.29, 0.717) is 43.8 Å². The van der Waals surface area contributed by atoms with Crippen LogP contribution < -0.4 is 11.2 Å². The summed E-state index contributed by atoms with van der Waals surface area (Å²) in [6.07, 6.45) is 3.08. The summed E-state index contributed by atoms with van der Waals surface area (Å²) < 4.78 is 1.52. The summed E-state index contributed by atoms with van der Waals surface area (Å²) in [6, 6.07) is 7.86. The van der Waals surface area contributed by atoms with Crippen LogP contribution in [0.25, 0.3) is 0 Å². The number of amides is 2. The van der Waals surface area contributed by atoms with Crippen molar-refractivity contribution in [3.8, 4) is 0 Å². The predicted octanol–water partition coefficient (Wildman–Crippen LogP) is 1.31. The van der Waals surface area contributed by atoms with Gasteiger partial charge in [0.15, 0.2) is 5.82 Å². The molecule has 0 atom stereocenters. The zero-order valence-electron chi connectivity index (χ0n) is 17.8. The highest BCUT2D eigenvalue weighted by molar-refractivity contribution is 7.99. The van der Waals surface area contributed by atoms with E-state index in [-0.39, 0.29) is 17.6 Å². The van der Waals surface area contributed by atoms with Gasteiger partial charge in [0.1, 0.15) is 0 Å². The molecule has 1 aromatic heterocycles. The van der Waals surface area contributed by atoms with Gasteiger partial charge in [-0.05, 0) is 30.9 Å². The molecule has 4 rings (SSSR count). The number of para-hydroxylation sites is 1. The number of anilines is 1. The van der Waals surface area contributed by atoms with Gasteiger partial charge in [-0.1, -0.05) is 36.9 Å². The van der Waals surface area contributed by atoms with Crippen LogP contribution in [-0.4, -0.2) is 75.0 Å². The van der Waals surface area contributed by atoms with Gasteiger partial charge in [0.2, 0.25) is 17.0 Å². The lowest BCUT2D eigenvalue weighted by Crippen LogP contribution is -2.50. The van der Waals surface area contributed by atoms with E-state index >= 15 is 0 Å². The van der Waals surface area contributed by atoms with Crippen LogP contribution in [-0.2, 0) is 16.0 Å². The van der Waals surface area contributed by atoms with Crippen LogP contribution in [0.5, 0.6) is 0 Å². The lowest BCUT2D eigenvalue weighted by Gasteiger charge is -2.34. The first kappa shape index (κ1) is 21.6. The van der Waals surface area contributed by atoms with E-state index in [9.17, 15) is 9.59 Å². The molecule has 1 saturated heterocycles. The van der Waals surface area contributed by atoms with Gasteiger partial charge in [-0.3, -0.25) is 14.5 Å². The van der Waals surface area contributed by atoms with Crippen molar-refractivity contribution in [2.24, 2.45) is 0 Å². The highest BCUT2D eigenvalue weighted by Crippen LogP contribution is 2.39. The van der Waals surface area contributed by atoms with Crippen LogP contribution in [0, 0.1) is 0 Å². The van der Waals surface area contributed by atoms with Gasteiger partial charge in [-0.2, -0.15) is 0 Å². The molecule has 2 fully saturated rings. The minimum atomic E-state index is -0.0232. The maximum Gasteiger partial charge on any atom is 0.238 e. The normalized spacial score (nSPS) is 17.0. The second-order valence-electron chi connectivity index (χ2n) is 7.99. The number of aromatic nitrogens is 3. The molecule has 9 nitrogen and oxygen atoms in total. The lowest BCUT2D eigenvalue weighted by molar-refractivity contribution is -0.130. The van der Waals surface area contributed by atoms with Crippen LogP contribution >= 0.6 is 11.8 Å². The van der Waals surface area contributed by atoms with Crippen molar-refractivity contribution in [2.45, 2.75) is 37.3 Å². The van der Waals surface area contributed by atoms with Gasteiger partial charge in [0.25, 0.3) is 0 Å². The summed E-state index contributed by atoms with van der Waals surface area (Å²) in [7, 11) is 0. The van der Waals surface area contributed by atoms with Crippen molar-refractivity contribution >= 4 is 29.3 Å². The summed E-state index contributed by atoms with van der Waals surface area (Å²) in [6.45, 7) is 4.98. The molecule has 1 aromatic carbocycles. The highest BCUT2D eigenvalue weighted by Gasteiger charge is 2.30. The number of nitrogens with one attached hydrogen (secondary N) is 1. The molecule has 1 saturated carbocycles. The van der Waals surface area contributed by atoms with Crippen LogP contribution in [0.2, 0.25) is 0 Å². The van der Waals surface area contributed by atoms with E-state index < -0.39 is 0 Å². The van der Waals surface area contributed by atoms with Crippen LogP contribution in [0.1, 0.15) is 37.1 Å². The predicted molar refractivity (Wildman–Crippen MR) is 120 cm³/mol. The van der Waals surface area contributed by atoms with E-state index in [1.807, 2.05) is 29.2 Å². The molecule has 2 aliphatic rings. The Hall–Kier alpha value is -2.59. The molecule has 1 aliphatic carbocycles. The number of hydrogen-bond acceptors (Lipinski definition) is 7. The molecule has 2 amide bonds. The number of nitrogen functional groups attached to an aromatic ring is 1. The average Bonchev–Trinajstić information content (AvgIpc) is 3.55.